The molecule has 0 saturated heterocycles. The Kier molecular flexibility index (Phi) is 5.39. The molecule has 1 N–H and O–H groups in total. The number of aliphatic carboxylic acids is 1. The maximum absolute atomic E-state index is 11.5. The molecule has 0 radical (unpaired) electrons. The van der Waals surface area contributed by atoms with E-state index in [0.29, 0.717) is 12.8 Å². The van der Waals surface area contributed by atoms with E-state index < -0.39 is 11.9 Å². The number of carboxylic acid groups (broad SMARTS) is 1. The van der Waals surface area contributed by atoms with Gasteiger partial charge in [0.15, 0.2) is 0 Å². The van der Waals surface area contributed by atoms with Crippen molar-refractivity contribution in [2.24, 2.45) is 5.92 Å². The monoisotopic (exact) mass is 348 g/mol. The fourth-order valence-corrected chi connectivity index (χ4v) is 2.71. The molecule has 2 rings (SSSR count). The second kappa shape index (κ2) is 7.27. The SMILES string of the molecule is COc1cccc(CC(Cc2ccccc2Br)C(=O)O)c1. The molecule has 2 aromatic rings. The highest BCUT2D eigenvalue weighted by Crippen LogP contribution is 2.23. The van der Waals surface area contributed by atoms with Crippen molar-refractivity contribution < 1.29 is 14.6 Å². The third-order valence-corrected chi connectivity index (χ3v) is 4.16. The smallest absolute Gasteiger partial charge is 0.307 e. The van der Waals surface area contributed by atoms with E-state index in [0.717, 1.165) is 21.3 Å². The number of carbonyl (C=O) groups is 1. The van der Waals surface area contributed by atoms with Gasteiger partial charge >= 0.3 is 5.97 Å². The second-order valence-electron chi connectivity index (χ2n) is 4.89. The van der Waals surface area contributed by atoms with Crippen molar-refractivity contribution in [1.29, 1.82) is 0 Å². The largest absolute Gasteiger partial charge is 0.497 e. The fraction of sp³-hybridized carbons (Fsp3) is 0.235. The van der Waals surface area contributed by atoms with Gasteiger partial charge in [-0.3, -0.25) is 4.79 Å². The van der Waals surface area contributed by atoms with Crippen LogP contribution in [0.4, 0.5) is 0 Å². The van der Waals surface area contributed by atoms with Crippen LogP contribution in [0.25, 0.3) is 0 Å². The molecule has 110 valence electrons. The van der Waals surface area contributed by atoms with Gasteiger partial charge in [-0.05, 0) is 42.2 Å². The van der Waals surface area contributed by atoms with Gasteiger partial charge in [0.05, 0.1) is 13.0 Å². The average Bonchev–Trinajstić information content (AvgIpc) is 2.49. The van der Waals surface area contributed by atoms with Crippen molar-refractivity contribution in [1.82, 2.24) is 0 Å². The highest BCUT2D eigenvalue weighted by Gasteiger charge is 2.19. The van der Waals surface area contributed by atoms with Crippen LogP contribution < -0.4 is 4.74 Å². The average molecular weight is 349 g/mol. The van der Waals surface area contributed by atoms with Gasteiger partial charge in [-0.25, -0.2) is 0 Å². The quantitative estimate of drug-likeness (QED) is 0.859. The summed E-state index contributed by atoms with van der Waals surface area (Å²) >= 11 is 3.47. The minimum Gasteiger partial charge on any atom is -0.497 e. The van der Waals surface area contributed by atoms with Crippen LogP contribution in [0, 0.1) is 5.92 Å². The Labute approximate surface area is 132 Å². The molecule has 0 fully saturated rings. The summed E-state index contributed by atoms with van der Waals surface area (Å²) in [7, 11) is 1.61. The molecular formula is C17H17BrO3. The lowest BCUT2D eigenvalue weighted by Gasteiger charge is -2.14. The van der Waals surface area contributed by atoms with Crippen molar-refractivity contribution in [2.75, 3.05) is 7.11 Å². The fourth-order valence-electron chi connectivity index (χ4n) is 2.26. The number of rotatable bonds is 6. The molecule has 0 aliphatic carbocycles. The van der Waals surface area contributed by atoms with Crippen molar-refractivity contribution in [3.05, 3.63) is 64.1 Å². The first-order chi connectivity index (χ1) is 10.1. The third kappa shape index (κ3) is 4.33. The molecule has 1 atom stereocenters. The Bertz CT molecular complexity index is 625. The number of hydrogen-bond donors (Lipinski definition) is 1. The summed E-state index contributed by atoms with van der Waals surface area (Å²) in [6.45, 7) is 0. The normalized spacial score (nSPS) is 11.9. The molecule has 0 spiro atoms. The molecule has 0 aliphatic rings. The zero-order chi connectivity index (χ0) is 15.2. The van der Waals surface area contributed by atoms with E-state index >= 15 is 0 Å². The first kappa shape index (κ1) is 15.6. The Hall–Kier alpha value is -1.81. The summed E-state index contributed by atoms with van der Waals surface area (Å²) in [6, 6.07) is 15.3. The van der Waals surface area contributed by atoms with Crippen LogP contribution >= 0.6 is 15.9 Å². The molecule has 1 unspecified atom stereocenters. The molecule has 21 heavy (non-hydrogen) atoms. The maximum Gasteiger partial charge on any atom is 0.307 e. The minimum absolute atomic E-state index is 0.462. The van der Waals surface area contributed by atoms with Crippen LogP contribution in [0.5, 0.6) is 5.75 Å². The molecule has 4 heteroatoms. The lowest BCUT2D eigenvalue weighted by atomic mass is 9.92. The number of methoxy groups -OCH3 is 1. The first-order valence-corrected chi connectivity index (χ1v) is 7.48. The molecule has 0 bridgehead atoms. The summed E-state index contributed by atoms with van der Waals surface area (Å²) < 4.78 is 6.13. The summed E-state index contributed by atoms with van der Waals surface area (Å²) in [5.41, 5.74) is 1.97. The molecule has 0 aliphatic heterocycles. The lowest BCUT2D eigenvalue weighted by molar-refractivity contribution is -0.141. The van der Waals surface area contributed by atoms with E-state index in [9.17, 15) is 9.90 Å². The van der Waals surface area contributed by atoms with E-state index in [4.69, 9.17) is 4.74 Å². The van der Waals surface area contributed by atoms with Gasteiger partial charge in [0.2, 0.25) is 0 Å². The second-order valence-corrected chi connectivity index (χ2v) is 5.74. The number of carboxylic acids is 1. The Balaban J connectivity index is 2.16. The number of halogens is 1. The van der Waals surface area contributed by atoms with Crippen LogP contribution in [0.1, 0.15) is 11.1 Å². The molecule has 0 aromatic heterocycles. The Morgan fingerprint density at radius 1 is 1.19 bits per heavy atom. The number of ether oxygens (including phenoxy) is 1. The van der Waals surface area contributed by atoms with E-state index in [1.807, 2.05) is 48.5 Å². The summed E-state index contributed by atoms with van der Waals surface area (Å²) in [5.74, 6) is -0.498. The van der Waals surface area contributed by atoms with Crippen molar-refractivity contribution >= 4 is 21.9 Å². The van der Waals surface area contributed by atoms with Crippen LogP contribution in [-0.2, 0) is 17.6 Å². The topological polar surface area (TPSA) is 46.5 Å². The molecular weight excluding hydrogens is 332 g/mol. The van der Waals surface area contributed by atoms with Gasteiger partial charge in [0, 0.05) is 4.47 Å². The maximum atomic E-state index is 11.5. The highest BCUT2D eigenvalue weighted by atomic mass is 79.9. The van der Waals surface area contributed by atoms with E-state index in [2.05, 4.69) is 15.9 Å². The predicted molar refractivity (Wildman–Crippen MR) is 85.7 cm³/mol. The zero-order valence-corrected chi connectivity index (χ0v) is 13.3. The van der Waals surface area contributed by atoms with E-state index in [1.165, 1.54) is 0 Å². The number of benzene rings is 2. The van der Waals surface area contributed by atoms with Crippen LogP contribution in [0.15, 0.2) is 53.0 Å². The minimum atomic E-state index is -0.784. The third-order valence-electron chi connectivity index (χ3n) is 3.39. The van der Waals surface area contributed by atoms with Crippen molar-refractivity contribution in [3.8, 4) is 5.75 Å². The van der Waals surface area contributed by atoms with Gasteiger partial charge in [-0.15, -0.1) is 0 Å². The van der Waals surface area contributed by atoms with E-state index in [-0.39, 0.29) is 0 Å². The summed E-state index contributed by atoms with van der Waals surface area (Å²) in [6.07, 6.45) is 0.974. The number of hydrogen-bond acceptors (Lipinski definition) is 2. The van der Waals surface area contributed by atoms with Crippen LogP contribution in [0.3, 0.4) is 0 Å². The molecule has 3 nitrogen and oxygen atoms in total. The molecule has 0 amide bonds. The van der Waals surface area contributed by atoms with Crippen molar-refractivity contribution in [3.63, 3.8) is 0 Å². The molecule has 2 aromatic carbocycles. The van der Waals surface area contributed by atoms with Crippen molar-refractivity contribution in [2.45, 2.75) is 12.8 Å². The first-order valence-electron chi connectivity index (χ1n) is 6.69. The van der Waals surface area contributed by atoms with Crippen LogP contribution in [-0.4, -0.2) is 18.2 Å². The predicted octanol–water partition coefficient (Wildman–Crippen LogP) is 3.94. The summed E-state index contributed by atoms with van der Waals surface area (Å²) in [5, 5.41) is 9.47. The zero-order valence-electron chi connectivity index (χ0n) is 11.8. The van der Waals surface area contributed by atoms with Gasteiger partial charge in [0.25, 0.3) is 0 Å². The van der Waals surface area contributed by atoms with Gasteiger partial charge in [-0.2, -0.15) is 0 Å². The molecule has 0 heterocycles. The van der Waals surface area contributed by atoms with Gasteiger partial charge in [-0.1, -0.05) is 46.3 Å². The van der Waals surface area contributed by atoms with E-state index in [1.54, 1.807) is 7.11 Å². The van der Waals surface area contributed by atoms with Crippen LogP contribution in [0.2, 0.25) is 0 Å². The lowest BCUT2D eigenvalue weighted by Crippen LogP contribution is -2.19. The molecule has 0 saturated carbocycles. The van der Waals surface area contributed by atoms with Gasteiger partial charge in [0.1, 0.15) is 5.75 Å². The Morgan fingerprint density at radius 2 is 1.95 bits per heavy atom. The Morgan fingerprint density at radius 3 is 2.62 bits per heavy atom. The highest BCUT2D eigenvalue weighted by molar-refractivity contribution is 9.10. The standard InChI is InChI=1S/C17H17BrO3/c1-21-15-7-4-5-12(10-15)9-14(17(19)20)11-13-6-2-3-8-16(13)18/h2-8,10,14H,9,11H2,1H3,(H,19,20). The van der Waals surface area contributed by atoms with Gasteiger partial charge < -0.3 is 9.84 Å². The summed E-state index contributed by atoms with van der Waals surface area (Å²) in [4.78, 5) is 11.5.